The van der Waals surface area contributed by atoms with Gasteiger partial charge in [0, 0.05) is 4.47 Å². The Bertz CT molecular complexity index is 490. The van der Waals surface area contributed by atoms with E-state index in [9.17, 15) is 0 Å². The second-order valence-electron chi connectivity index (χ2n) is 3.85. The first kappa shape index (κ1) is 10.6. The highest BCUT2D eigenvalue weighted by Crippen LogP contribution is 2.28. The highest BCUT2D eigenvalue weighted by atomic mass is 79.9. The second-order valence-corrected chi connectivity index (χ2v) is 4.70. The number of nitrogens with one attached hydrogen (secondary N) is 1. The average Bonchev–Trinajstić information content (AvgIpc) is 2.55. The maximum atomic E-state index is 5.68. The van der Waals surface area contributed by atoms with Crippen LogP contribution in [0.15, 0.2) is 16.6 Å². The van der Waals surface area contributed by atoms with E-state index in [1.165, 1.54) is 5.56 Å². The van der Waals surface area contributed by atoms with Gasteiger partial charge in [0.1, 0.15) is 5.82 Å². The van der Waals surface area contributed by atoms with E-state index in [-0.39, 0.29) is 0 Å². The molecular formula is C11H14BrN3. The van der Waals surface area contributed by atoms with Crippen LogP contribution < -0.4 is 5.73 Å². The van der Waals surface area contributed by atoms with Crippen LogP contribution in [0.3, 0.4) is 0 Å². The average molecular weight is 268 g/mol. The Hall–Kier alpha value is -0.870. The smallest absolute Gasteiger partial charge is 0.104 e. The summed E-state index contributed by atoms with van der Waals surface area (Å²) in [6.07, 6.45) is 0. The fraction of sp³-hybridized carbons (Fsp3) is 0.364. The van der Waals surface area contributed by atoms with Crippen molar-refractivity contribution in [1.29, 1.82) is 0 Å². The number of aryl methyl sites for hydroxylation is 1. The summed E-state index contributed by atoms with van der Waals surface area (Å²) in [6, 6.07) is 4.16. The topological polar surface area (TPSA) is 54.7 Å². The lowest BCUT2D eigenvalue weighted by Gasteiger charge is -2.10. The standard InChI is InChI=1S/C11H14BrN3/c1-6(5-13)8-3-10-11(4-9(8)12)15-7(2)14-10/h3-4,6H,5,13H2,1-2H3,(H,14,15). The summed E-state index contributed by atoms with van der Waals surface area (Å²) in [5.41, 5.74) is 8.97. The largest absolute Gasteiger partial charge is 0.342 e. The molecule has 0 aliphatic heterocycles. The number of imidazole rings is 1. The molecule has 3 nitrogen and oxygen atoms in total. The van der Waals surface area contributed by atoms with Gasteiger partial charge in [-0.1, -0.05) is 22.9 Å². The molecule has 80 valence electrons. The van der Waals surface area contributed by atoms with Crippen molar-refractivity contribution in [2.45, 2.75) is 19.8 Å². The van der Waals surface area contributed by atoms with Crippen molar-refractivity contribution in [3.63, 3.8) is 0 Å². The number of aromatic amines is 1. The monoisotopic (exact) mass is 267 g/mol. The quantitative estimate of drug-likeness (QED) is 0.879. The van der Waals surface area contributed by atoms with Crippen molar-refractivity contribution in [2.24, 2.45) is 5.73 Å². The SMILES string of the molecule is Cc1nc2cc(Br)c(C(C)CN)cc2[nH]1. The van der Waals surface area contributed by atoms with Gasteiger partial charge in [0.15, 0.2) is 0 Å². The highest BCUT2D eigenvalue weighted by molar-refractivity contribution is 9.10. The zero-order chi connectivity index (χ0) is 11.0. The molecule has 0 saturated carbocycles. The fourth-order valence-corrected chi connectivity index (χ4v) is 2.40. The van der Waals surface area contributed by atoms with Crippen molar-refractivity contribution in [3.8, 4) is 0 Å². The normalized spacial score (nSPS) is 13.3. The first-order valence-corrected chi connectivity index (χ1v) is 5.77. The minimum Gasteiger partial charge on any atom is -0.342 e. The lowest BCUT2D eigenvalue weighted by molar-refractivity contribution is 0.771. The van der Waals surface area contributed by atoms with Crippen molar-refractivity contribution >= 4 is 27.0 Å². The molecule has 0 saturated heterocycles. The van der Waals surface area contributed by atoms with E-state index in [4.69, 9.17) is 5.73 Å². The van der Waals surface area contributed by atoms with Gasteiger partial charge in [-0.2, -0.15) is 0 Å². The zero-order valence-corrected chi connectivity index (χ0v) is 10.4. The molecule has 0 spiro atoms. The van der Waals surface area contributed by atoms with Gasteiger partial charge in [-0.15, -0.1) is 0 Å². The Morgan fingerprint density at radius 3 is 2.93 bits per heavy atom. The third-order valence-corrected chi connectivity index (χ3v) is 3.29. The molecule has 0 radical (unpaired) electrons. The first-order chi connectivity index (χ1) is 7.11. The Labute approximate surface area is 97.2 Å². The van der Waals surface area contributed by atoms with Gasteiger partial charge in [0.2, 0.25) is 0 Å². The molecule has 1 heterocycles. The summed E-state index contributed by atoms with van der Waals surface area (Å²) in [7, 11) is 0. The highest BCUT2D eigenvalue weighted by Gasteiger charge is 2.10. The van der Waals surface area contributed by atoms with Crippen molar-refractivity contribution < 1.29 is 0 Å². The van der Waals surface area contributed by atoms with Gasteiger partial charge < -0.3 is 10.7 Å². The third-order valence-electron chi connectivity index (χ3n) is 2.60. The fourth-order valence-electron chi connectivity index (χ4n) is 1.68. The molecule has 3 N–H and O–H groups in total. The van der Waals surface area contributed by atoms with E-state index in [2.05, 4.69) is 38.9 Å². The minimum absolute atomic E-state index is 0.354. The van der Waals surface area contributed by atoms with Gasteiger partial charge in [-0.3, -0.25) is 0 Å². The number of fused-ring (bicyclic) bond motifs is 1. The van der Waals surface area contributed by atoms with Crippen LogP contribution >= 0.6 is 15.9 Å². The zero-order valence-electron chi connectivity index (χ0n) is 8.84. The molecule has 15 heavy (non-hydrogen) atoms. The van der Waals surface area contributed by atoms with E-state index in [0.29, 0.717) is 12.5 Å². The van der Waals surface area contributed by atoms with Crippen molar-refractivity contribution in [1.82, 2.24) is 9.97 Å². The van der Waals surface area contributed by atoms with E-state index in [1.54, 1.807) is 0 Å². The molecule has 0 fully saturated rings. The van der Waals surface area contributed by atoms with E-state index in [1.807, 2.05) is 13.0 Å². The van der Waals surface area contributed by atoms with E-state index in [0.717, 1.165) is 21.3 Å². The predicted octanol–water partition coefficient (Wildman–Crippen LogP) is 2.70. The molecule has 2 aromatic rings. The van der Waals surface area contributed by atoms with Crippen molar-refractivity contribution in [2.75, 3.05) is 6.54 Å². The molecule has 1 unspecified atom stereocenters. The summed E-state index contributed by atoms with van der Waals surface area (Å²) in [4.78, 5) is 7.62. The number of benzene rings is 1. The summed E-state index contributed by atoms with van der Waals surface area (Å²) in [6.45, 7) is 4.73. The number of halogens is 1. The molecule has 4 heteroatoms. The second kappa shape index (κ2) is 3.94. The number of hydrogen-bond acceptors (Lipinski definition) is 2. The van der Waals surface area contributed by atoms with Crippen LogP contribution in [0, 0.1) is 6.92 Å². The summed E-state index contributed by atoms with van der Waals surface area (Å²) in [5.74, 6) is 1.29. The Kier molecular flexibility index (Phi) is 2.80. The molecular weight excluding hydrogens is 254 g/mol. The number of nitrogens with zero attached hydrogens (tertiary/aromatic N) is 1. The van der Waals surface area contributed by atoms with Gasteiger partial charge >= 0.3 is 0 Å². The third kappa shape index (κ3) is 1.92. The lowest BCUT2D eigenvalue weighted by Crippen LogP contribution is -2.09. The molecule has 0 aliphatic rings. The van der Waals surface area contributed by atoms with E-state index >= 15 is 0 Å². The molecule has 0 aliphatic carbocycles. The Morgan fingerprint density at radius 1 is 1.53 bits per heavy atom. The van der Waals surface area contributed by atoms with Crippen LogP contribution in [0.5, 0.6) is 0 Å². The molecule has 0 amide bonds. The van der Waals surface area contributed by atoms with Crippen LogP contribution in [0.1, 0.15) is 24.2 Å². The lowest BCUT2D eigenvalue weighted by atomic mass is 10.0. The van der Waals surface area contributed by atoms with Crippen LogP contribution in [0.25, 0.3) is 11.0 Å². The van der Waals surface area contributed by atoms with E-state index < -0.39 is 0 Å². The summed E-state index contributed by atoms with van der Waals surface area (Å²) >= 11 is 3.56. The van der Waals surface area contributed by atoms with Crippen LogP contribution in [0.4, 0.5) is 0 Å². The molecule has 2 rings (SSSR count). The van der Waals surface area contributed by atoms with Crippen LogP contribution in [-0.2, 0) is 0 Å². The minimum atomic E-state index is 0.354. The van der Waals surface area contributed by atoms with Crippen LogP contribution in [-0.4, -0.2) is 16.5 Å². The number of nitrogens with two attached hydrogens (primary N) is 1. The summed E-state index contributed by atoms with van der Waals surface area (Å²) < 4.78 is 1.08. The number of aromatic nitrogens is 2. The molecule has 0 bridgehead atoms. The predicted molar refractivity (Wildman–Crippen MR) is 66.0 cm³/mol. The van der Waals surface area contributed by atoms with Crippen molar-refractivity contribution in [3.05, 3.63) is 28.0 Å². The van der Waals surface area contributed by atoms with Gasteiger partial charge in [-0.05, 0) is 37.1 Å². The number of hydrogen-bond donors (Lipinski definition) is 2. The molecule has 1 aromatic carbocycles. The maximum absolute atomic E-state index is 5.68. The number of rotatable bonds is 2. The Balaban J connectivity index is 2.60. The first-order valence-electron chi connectivity index (χ1n) is 4.97. The van der Waals surface area contributed by atoms with Gasteiger partial charge in [0.25, 0.3) is 0 Å². The maximum Gasteiger partial charge on any atom is 0.104 e. The summed E-state index contributed by atoms with van der Waals surface area (Å²) in [5, 5.41) is 0. The Morgan fingerprint density at radius 2 is 2.27 bits per heavy atom. The number of H-pyrrole nitrogens is 1. The van der Waals surface area contributed by atoms with Crippen LogP contribution in [0.2, 0.25) is 0 Å². The van der Waals surface area contributed by atoms with Gasteiger partial charge in [-0.25, -0.2) is 4.98 Å². The van der Waals surface area contributed by atoms with Gasteiger partial charge in [0.05, 0.1) is 11.0 Å². The molecule has 1 atom stereocenters. The molecule has 1 aromatic heterocycles.